The van der Waals surface area contributed by atoms with E-state index in [9.17, 15) is 0 Å². The number of para-hydroxylation sites is 2. The van der Waals surface area contributed by atoms with Crippen molar-refractivity contribution in [2.45, 2.75) is 6.92 Å². The molecule has 0 amide bonds. The van der Waals surface area contributed by atoms with Crippen molar-refractivity contribution in [2.24, 2.45) is 0 Å². The van der Waals surface area contributed by atoms with E-state index in [0.717, 1.165) is 31.0 Å². The fourth-order valence-corrected chi connectivity index (χ4v) is 4.47. The molecular weight excluding hydrogens is 431 g/mol. The molecule has 0 fully saturated rings. The van der Waals surface area contributed by atoms with Crippen LogP contribution in [0.1, 0.15) is 5.56 Å². The predicted octanol–water partition coefficient (Wildman–Crippen LogP) is 6.52. The van der Waals surface area contributed by atoms with Crippen LogP contribution in [0.15, 0.2) is 72.8 Å². The van der Waals surface area contributed by atoms with Crippen molar-refractivity contribution in [3.05, 3.63) is 81.9 Å². The molecule has 26 heavy (non-hydrogen) atoms. The molecule has 4 aromatic carbocycles. The molecule has 1 aromatic heterocycles. The Hall–Kier alpha value is -2.53. The number of aryl methyl sites for hydroxylation is 1. The summed E-state index contributed by atoms with van der Waals surface area (Å²) in [7, 11) is 0. The number of fused-ring (bicyclic) bond motifs is 4. The minimum absolute atomic E-state index is 0.933. The van der Waals surface area contributed by atoms with E-state index in [2.05, 4.69) is 78.0 Å². The number of benzene rings is 4. The molecule has 0 unspecified atom stereocenters. The standard InChI is InChI=1S/C23H15IN2/c1-14-10-12-15(13-11-14)20-16-6-2-3-7-17(16)22-23(21(20)24)26-19-9-5-4-8-18(19)25-22/h2-13H,1H3. The van der Waals surface area contributed by atoms with Gasteiger partial charge in [-0.05, 0) is 52.6 Å². The summed E-state index contributed by atoms with van der Waals surface area (Å²) in [5, 5.41) is 2.37. The van der Waals surface area contributed by atoms with Crippen molar-refractivity contribution >= 4 is 55.4 Å². The number of rotatable bonds is 1. The molecule has 0 N–H and O–H groups in total. The molecule has 0 aliphatic carbocycles. The van der Waals surface area contributed by atoms with Gasteiger partial charge in [0.2, 0.25) is 0 Å². The molecule has 124 valence electrons. The second kappa shape index (κ2) is 6.02. The van der Waals surface area contributed by atoms with E-state index in [1.54, 1.807) is 0 Å². The lowest BCUT2D eigenvalue weighted by molar-refractivity contribution is 1.39. The van der Waals surface area contributed by atoms with Crippen LogP contribution >= 0.6 is 22.6 Å². The maximum Gasteiger partial charge on any atom is 0.104 e. The summed E-state index contributed by atoms with van der Waals surface area (Å²) in [5.74, 6) is 0. The zero-order chi connectivity index (χ0) is 17.7. The highest BCUT2D eigenvalue weighted by molar-refractivity contribution is 14.1. The zero-order valence-corrected chi connectivity index (χ0v) is 16.4. The van der Waals surface area contributed by atoms with Gasteiger partial charge in [0.15, 0.2) is 0 Å². The van der Waals surface area contributed by atoms with Crippen LogP contribution in [-0.4, -0.2) is 9.97 Å². The maximum atomic E-state index is 4.96. The summed E-state index contributed by atoms with van der Waals surface area (Å²) < 4.78 is 1.15. The molecule has 0 saturated carbocycles. The third-order valence-electron chi connectivity index (χ3n) is 4.79. The van der Waals surface area contributed by atoms with Gasteiger partial charge in [0, 0.05) is 14.5 Å². The Kier molecular flexibility index (Phi) is 3.64. The highest BCUT2D eigenvalue weighted by Crippen LogP contribution is 2.39. The number of nitrogens with zero attached hydrogens (tertiary/aromatic N) is 2. The molecule has 0 radical (unpaired) electrons. The first kappa shape index (κ1) is 15.7. The van der Waals surface area contributed by atoms with E-state index in [4.69, 9.17) is 9.97 Å². The molecule has 0 saturated heterocycles. The van der Waals surface area contributed by atoms with Crippen molar-refractivity contribution in [1.29, 1.82) is 0 Å². The van der Waals surface area contributed by atoms with Crippen molar-refractivity contribution in [3.63, 3.8) is 0 Å². The van der Waals surface area contributed by atoms with Crippen LogP contribution in [0.2, 0.25) is 0 Å². The van der Waals surface area contributed by atoms with E-state index in [-0.39, 0.29) is 0 Å². The van der Waals surface area contributed by atoms with Gasteiger partial charge < -0.3 is 0 Å². The molecule has 5 rings (SSSR count). The first-order chi connectivity index (χ1) is 12.7. The van der Waals surface area contributed by atoms with E-state index in [0.29, 0.717) is 0 Å². The van der Waals surface area contributed by atoms with Crippen molar-refractivity contribution in [1.82, 2.24) is 9.97 Å². The van der Waals surface area contributed by atoms with Gasteiger partial charge in [-0.25, -0.2) is 9.97 Å². The Balaban J connectivity index is 1.99. The average Bonchev–Trinajstić information content (AvgIpc) is 2.68. The molecule has 2 nitrogen and oxygen atoms in total. The largest absolute Gasteiger partial charge is 0.244 e. The Bertz CT molecular complexity index is 1290. The van der Waals surface area contributed by atoms with Gasteiger partial charge >= 0.3 is 0 Å². The van der Waals surface area contributed by atoms with Gasteiger partial charge in [0.05, 0.1) is 16.6 Å². The van der Waals surface area contributed by atoms with Crippen LogP contribution in [0.4, 0.5) is 0 Å². The molecule has 5 aromatic rings. The number of aromatic nitrogens is 2. The first-order valence-corrected chi connectivity index (χ1v) is 9.64. The topological polar surface area (TPSA) is 25.8 Å². The highest BCUT2D eigenvalue weighted by Gasteiger charge is 2.16. The van der Waals surface area contributed by atoms with Crippen LogP contribution in [0.25, 0.3) is 44.0 Å². The number of hydrogen-bond donors (Lipinski definition) is 0. The smallest absolute Gasteiger partial charge is 0.104 e. The maximum absolute atomic E-state index is 4.96. The minimum atomic E-state index is 0.933. The van der Waals surface area contributed by atoms with E-state index in [1.165, 1.54) is 22.1 Å². The summed E-state index contributed by atoms with van der Waals surface area (Å²) in [6, 6.07) is 25.3. The fourth-order valence-electron chi connectivity index (χ4n) is 3.49. The second-order valence-corrected chi connectivity index (χ2v) is 7.59. The zero-order valence-electron chi connectivity index (χ0n) is 14.2. The van der Waals surface area contributed by atoms with E-state index in [1.807, 2.05) is 24.3 Å². The Morgan fingerprint density at radius 1 is 0.654 bits per heavy atom. The lowest BCUT2D eigenvalue weighted by Crippen LogP contribution is -1.95. The lowest BCUT2D eigenvalue weighted by atomic mass is 9.96. The second-order valence-electron chi connectivity index (χ2n) is 6.51. The molecule has 1 heterocycles. The SMILES string of the molecule is Cc1ccc(-c2c(I)c3nc4ccccc4nc3c3ccccc23)cc1. The van der Waals surface area contributed by atoms with Gasteiger partial charge in [-0.3, -0.25) is 0 Å². The van der Waals surface area contributed by atoms with Crippen LogP contribution in [-0.2, 0) is 0 Å². The monoisotopic (exact) mass is 446 g/mol. The molecule has 0 atom stereocenters. The van der Waals surface area contributed by atoms with Crippen LogP contribution in [0, 0.1) is 10.5 Å². The van der Waals surface area contributed by atoms with Gasteiger partial charge in [0.25, 0.3) is 0 Å². The van der Waals surface area contributed by atoms with E-state index < -0.39 is 0 Å². The third-order valence-corrected chi connectivity index (χ3v) is 5.84. The van der Waals surface area contributed by atoms with Gasteiger partial charge in [-0.2, -0.15) is 0 Å². The molecule has 0 aliphatic rings. The van der Waals surface area contributed by atoms with Crippen molar-refractivity contribution < 1.29 is 0 Å². The summed E-state index contributed by atoms with van der Waals surface area (Å²) in [4.78, 5) is 9.91. The average molecular weight is 446 g/mol. The summed E-state index contributed by atoms with van der Waals surface area (Å²) in [5.41, 5.74) is 7.52. The molecule has 3 heteroatoms. The van der Waals surface area contributed by atoms with Crippen LogP contribution in [0.3, 0.4) is 0 Å². The molecule has 0 bridgehead atoms. The number of hydrogen-bond acceptors (Lipinski definition) is 2. The summed E-state index contributed by atoms with van der Waals surface area (Å²) in [6.07, 6.45) is 0. The molecule has 0 spiro atoms. The van der Waals surface area contributed by atoms with E-state index >= 15 is 0 Å². The van der Waals surface area contributed by atoms with Gasteiger partial charge in [0.1, 0.15) is 5.52 Å². The molecule has 0 aliphatic heterocycles. The summed E-state index contributed by atoms with van der Waals surface area (Å²) in [6.45, 7) is 2.12. The summed E-state index contributed by atoms with van der Waals surface area (Å²) >= 11 is 2.43. The fraction of sp³-hybridized carbons (Fsp3) is 0.0435. The minimum Gasteiger partial charge on any atom is -0.244 e. The van der Waals surface area contributed by atoms with Crippen molar-refractivity contribution in [2.75, 3.05) is 0 Å². The normalized spacial score (nSPS) is 11.5. The van der Waals surface area contributed by atoms with Crippen LogP contribution < -0.4 is 0 Å². The molecular formula is C23H15IN2. The lowest BCUT2D eigenvalue weighted by Gasteiger charge is -2.14. The van der Waals surface area contributed by atoms with Crippen LogP contribution in [0.5, 0.6) is 0 Å². The van der Waals surface area contributed by atoms with Crippen molar-refractivity contribution in [3.8, 4) is 11.1 Å². The Labute approximate surface area is 165 Å². The van der Waals surface area contributed by atoms with Gasteiger partial charge in [-0.15, -0.1) is 0 Å². The highest BCUT2D eigenvalue weighted by atomic mass is 127. The Morgan fingerprint density at radius 2 is 1.23 bits per heavy atom. The van der Waals surface area contributed by atoms with Gasteiger partial charge in [-0.1, -0.05) is 66.2 Å². The first-order valence-electron chi connectivity index (χ1n) is 8.56. The quantitative estimate of drug-likeness (QED) is 0.167. The third kappa shape index (κ3) is 2.38. The Morgan fingerprint density at radius 3 is 1.92 bits per heavy atom. The predicted molar refractivity (Wildman–Crippen MR) is 117 cm³/mol. The number of halogens is 1.